The Morgan fingerprint density at radius 2 is 2.12 bits per heavy atom. The van der Waals surface area contributed by atoms with E-state index in [1.165, 1.54) is 22.2 Å². The van der Waals surface area contributed by atoms with Crippen molar-refractivity contribution in [1.29, 1.82) is 0 Å². The topological polar surface area (TPSA) is 71.2 Å². The van der Waals surface area contributed by atoms with Gasteiger partial charge < -0.3 is 10.0 Å². The molecule has 136 valence electrons. The van der Waals surface area contributed by atoms with E-state index in [1.807, 2.05) is 18.2 Å². The predicted molar refractivity (Wildman–Crippen MR) is 104 cm³/mol. The average molecular weight is 391 g/mol. The molecule has 3 heterocycles. The number of halogens is 1. The second-order valence-corrected chi connectivity index (χ2v) is 7.95. The fraction of sp³-hybridized carbons (Fsp3) is 0.389. The van der Waals surface area contributed by atoms with E-state index in [2.05, 4.69) is 14.9 Å². The van der Waals surface area contributed by atoms with Crippen LogP contribution in [0.4, 0.5) is 5.13 Å². The van der Waals surface area contributed by atoms with E-state index in [0.717, 1.165) is 36.6 Å². The summed E-state index contributed by atoms with van der Waals surface area (Å²) in [5.74, 6) is 0. The number of hydrogen-bond donors (Lipinski definition) is 1. The molecule has 0 saturated carbocycles. The summed E-state index contributed by atoms with van der Waals surface area (Å²) in [5, 5.41) is 11.9. The molecule has 2 aromatic heterocycles. The van der Waals surface area contributed by atoms with Crippen molar-refractivity contribution in [3.8, 4) is 0 Å². The second kappa shape index (κ2) is 7.34. The second-order valence-electron chi connectivity index (χ2n) is 6.53. The molecule has 1 aromatic carbocycles. The van der Waals surface area contributed by atoms with Gasteiger partial charge in [-0.05, 0) is 30.5 Å². The number of rotatable bonds is 5. The summed E-state index contributed by atoms with van der Waals surface area (Å²) in [5.41, 5.74) is 1.27. The first-order chi connectivity index (χ1) is 12.6. The van der Waals surface area contributed by atoms with Crippen molar-refractivity contribution in [3.05, 3.63) is 51.5 Å². The number of hydrogen-bond acceptors (Lipinski definition) is 6. The van der Waals surface area contributed by atoms with Crippen LogP contribution in [0.3, 0.4) is 0 Å². The summed E-state index contributed by atoms with van der Waals surface area (Å²) < 4.78 is 2.01. The molecule has 0 spiro atoms. The Hall–Kier alpha value is -1.96. The third-order valence-electron chi connectivity index (χ3n) is 4.52. The number of nitrogens with zero attached hydrogens (tertiary/aromatic N) is 4. The molecule has 3 aromatic rings. The van der Waals surface area contributed by atoms with Crippen molar-refractivity contribution in [3.63, 3.8) is 0 Å². The zero-order chi connectivity index (χ0) is 18.1. The zero-order valence-corrected chi connectivity index (χ0v) is 15.7. The molecule has 1 unspecified atom stereocenters. The van der Waals surface area contributed by atoms with Crippen LogP contribution in [0.25, 0.3) is 10.3 Å². The van der Waals surface area contributed by atoms with E-state index in [9.17, 15) is 9.90 Å². The number of aliphatic hydroxyl groups is 1. The van der Waals surface area contributed by atoms with Crippen molar-refractivity contribution in [1.82, 2.24) is 14.5 Å². The highest BCUT2D eigenvalue weighted by atomic mass is 35.5. The summed E-state index contributed by atoms with van der Waals surface area (Å²) in [4.78, 5) is 23.7. The van der Waals surface area contributed by atoms with Crippen molar-refractivity contribution in [2.24, 2.45) is 0 Å². The summed E-state index contributed by atoms with van der Waals surface area (Å²) in [6.45, 7) is 2.14. The predicted octanol–water partition coefficient (Wildman–Crippen LogP) is 2.71. The van der Waals surface area contributed by atoms with E-state index in [0.29, 0.717) is 21.8 Å². The summed E-state index contributed by atoms with van der Waals surface area (Å²) in [7, 11) is 0. The number of thiazole rings is 1. The highest BCUT2D eigenvalue weighted by Crippen LogP contribution is 2.27. The maximum absolute atomic E-state index is 12.7. The molecule has 1 N–H and O–H groups in total. The Morgan fingerprint density at radius 3 is 2.88 bits per heavy atom. The first-order valence-corrected chi connectivity index (χ1v) is 9.83. The van der Waals surface area contributed by atoms with Crippen LogP contribution in [0.1, 0.15) is 18.4 Å². The maximum Gasteiger partial charge on any atom is 0.273 e. The fourth-order valence-electron chi connectivity index (χ4n) is 3.24. The van der Waals surface area contributed by atoms with E-state index in [1.54, 1.807) is 6.07 Å². The molecule has 0 aliphatic carbocycles. The zero-order valence-electron chi connectivity index (χ0n) is 14.1. The van der Waals surface area contributed by atoms with Crippen LogP contribution in [0.2, 0.25) is 5.02 Å². The number of anilines is 1. The van der Waals surface area contributed by atoms with Crippen LogP contribution >= 0.6 is 22.9 Å². The normalized spacial score (nSPS) is 15.7. The van der Waals surface area contributed by atoms with Gasteiger partial charge in [-0.15, -0.1) is 0 Å². The lowest BCUT2D eigenvalue weighted by Gasteiger charge is -2.12. The van der Waals surface area contributed by atoms with Gasteiger partial charge in [0.1, 0.15) is 11.0 Å². The minimum Gasteiger partial charge on any atom is -0.391 e. The fourth-order valence-corrected chi connectivity index (χ4v) is 4.47. The summed E-state index contributed by atoms with van der Waals surface area (Å²) >= 11 is 7.37. The first-order valence-electron chi connectivity index (χ1n) is 8.63. The number of fused-ring (bicyclic) bond motifs is 1. The Balaban J connectivity index is 1.54. The third-order valence-corrected chi connectivity index (χ3v) is 5.85. The lowest BCUT2D eigenvalue weighted by atomic mass is 10.1. The number of aliphatic hydroxyl groups excluding tert-OH is 1. The lowest BCUT2D eigenvalue weighted by molar-refractivity contribution is 0.153. The van der Waals surface area contributed by atoms with Gasteiger partial charge in [-0.2, -0.15) is 4.98 Å². The monoisotopic (exact) mass is 390 g/mol. The van der Waals surface area contributed by atoms with E-state index < -0.39 is 6.10 Å². The van der Waals surface area contributed by atoms with E-state index in [4.69, 9.17) is 11.6 Å². The van der Waals surface area contributed by atoms with Crippen LogP contribution in [0.15, 0.2) is 35.4 Å². The standard InChI is InChI=1S/C18H19ClN4O2S/c19-13-5-3-4-12(8-13)9-14(24)10-23-11-20-16-15(17(23)25)26-18(21-16)22-6-1-2-7-22/h3-5,8,11,14,24H,1-2,6-7,9-10H2. The minimum absolute atomic E-state index is 0.150. The van der Waals surface area contributed by atoms with Crippen molar-refractivity contribution < 1.29 is 5.11 Å². The maximum atomic E-state index is 12.7. The van der Waals surface area contributed by atoms with Gasteiger partial charge in [-0.1, -0.05) is 35.1 Å². The van der Waals surface area contributed by atoms with E-state index in [-0.39, 0.29) is 12.1 Å². The van der Waals surface area contributed by atoms with Crippen molar-refractivity contribution in [2.45, 2.75) is 31.9 Å². The minimum atomic E-state index is -0.698. The molecule has 0 amide bonds. The van der Waals surface area contributed by atoms with Gasteiger partial charge in [0, 0.05) is 24.5 Å². The molecule has 1 fully saturated rings. The summed E-state index contributed by atoms with van der Waals surface area (Å²) in [6, 6.07) is 7.37. The van der Waals surface area contributed by atoms with Crippen LogP contribution in [0, 0.1) is 0 Å². The van der Waals surface area contributed by atoms with Crippen LogP contribution in [0.5, 0.6) is 0 Å². The highest BCUT2D eigenvalue weighted by Gasteiger charge is 2.19. The first kappa shape index (κ1) is 17.5. The smallest absolute Gasteiger partial charge is 0.273 e. The molecule has 26 heavy (non-hydrogen) atoms. The molecule has 4 rings (SSSR count). The Kier molecular flexibility index (Phi) is 4.93. The van der Waals surface area contributed by atoms with Gasteiger partial charge in [-0.25, -0.2) is 4.98 Å². The molecular formula is C18H19ClN4O2S. The van der Waals surface area contributed by atoms with Crippen LogP contribution in [-0.4, -0.2) is 38.8 Å². The molecular weight excluding hydrogens is 372 g/mol. The van der Waals surface area contributed by atoms with Gasteiger partial charge in [0.25, 0.3) is 5.56 Å². The Labute approximate surface area is 159 Å². The molecule has 0 bridgehead atoms. The van der Waals surface area contributed by atoms with Crippen LogP contribution in [-0.2, 0) is 13.0 Å². The molecule has 1 atom stereocenters. The number of aromatic nitrogens is 3. The van der Waals surface area contributed by atoms with Crippen molar-refractivity contribution in [2.75, 3.05) is 18.0 Å². The molecule has 1 saturated heterocycles. The SMILES string of the molecule is O=c1c2sc(N3CCCC3)nc2ncn1CC(O)Cc1cccc(Cl)c1. The molecule has 0 radical (unpaired) electrons. The molecule has 1 aliphatic rings. The summed E-state index contributed by atoms with van der Waals surface area (Å²) in [6.07, 6.45) is 3.51. The lowest BCUT2D eigenvalue weighted by Crippen LogP contribution is -2.27. The largest absolute Gasteiger partial charge is 0.391 e. The highest BCUT2D eigenvalue weighted by molar-refractivity contribution is 7.22. The molecule has 1 aliphatic heterocycles. The number of benzene rings is 1. The third kappa shape index (κ3) is 3.60. The Bertz CT molecular complexity index is 981. The van der Waals surface area contributed by atoms with Gasteiger partial charge in [-0.3, -0.25) is 9.36 Å². The molecule has 6 nitrogen and oxygen atoms in total. The van der Waals surface area contributed by atoms with Gasteiger partial charge >= 0.3 is 0 Å². The molecule has 8 heteroatoms. The van der Waals surface area contributed by atoms with Gasteiger partial charge in [0.2, 0.25) is 0 Å². The van der Waals surface area contributed by atoms with Gasteiger partial charge in [0.05, 0.1) is 12.6 Å². The van der Waals surface area contributed by atoms with Crippen molar-refractivity contribution >= 4 is 38.4 Å². The quantitative estimate of drug-likeness (QED) is 0.725. The van der Waals surface area contributed by atoms with E-state index >= 15 is 0 Å². The Morgan fingerprint density at radius 1 is 1.31 bits per heavy atom. The van der Waals surface area contributed by atoms with Gasteiger partial charge in [0.15, 0.2) is 10.8 Å². The van der Waals surface area contributed by atoms with Crippen LogP contribution < -0.4 is 10.5 Å². The average Bonchev–Trinajstić information content (AvgIpc) is 3.26.